The molecule has 1 unspecified atom stereocenters. The number of H-pyrrole nitrogens is 1. The van der Waals surface area contributed by atoms with Crippen molar-refractivity contribution in [2.45, 2.75) is 84.9 Å². The van der Waals surface area contributed by atoms with Crippen LogP contribution >= 0.6 is 0 Å². The number of nitrogens with two attached hydrogens (primary N) is 1. The van der Waals surface area contributed by atoms with Crippen LogP contribution in [0.1, 0.15) is 66.7 Å². The van der Waals surface area contributed by atoms with Crippen LogP contribution in [-0.2, 0) is 6.54 Å². The lowest BCUT2D eigenvalue weighted by Gasteiger charge is -2.42. The number of nitrogen functional groups attached to an aromatic ring is 1. The molecular formula is C23H41N7O2. The summed E-state index contributed by atoms with van der Waals surface area (Å²) in [6.45, 7) is 17.2. The van der Waals surface area contributed by atoms with Crippen LogP contribution in [-0.4, -0.2) is 73.7 Å². The Morgan fingerprint density at radius 2 is 1.78 bits per heavy atom. The fourth-order valence-corrected chi connectivity index (χ4v) is 4.36. The van der Waals surface area contributed by atoms with Gasteiger partial charge in [0, 0.05) is 38.3 Å². The molecule has 3 rings (SSSR count). The van der Waals surface area contributed by atoms with Gasteiger partial charge in [-0.05, 0) is 53.5 Å². The Morgan fingerprint density at radius 1 is 1.09 bits per heavy atom. The third kappa shape index (κ3) is 6.22. The Balaban J connectivity index is 1.51. The minimum absolute atomic E-state index is 0.00114. The van der Waals surface area contributed by atoms with Crippen LogP contribution < -0.4 is 16.2 Å². The first-order chi connectivity index (χ1) is 15.2. The number of aromatic amines is 1. The van der Waals surface area contributed by atoms with Crippen molar-refractivity contribution in [3.05, 3.63) is 10.5 Å². The summed E-state index contributed by atoms with van der Waals surface area (Å²) in [5.74, 6) is 0.249. The molecule has 0 aromatic carbocycles. The van der Waals surface area contributed by atoms with Crippen LogP contribution in [0.5, 0.6) is 6.01 Å². The van der Waals surface area contributed by atoms with Crippen LogP contribution in [0.2, 0.25) is 0 Å². The minimum Gasteiger partial charge on any atom is -0.460 e. The Morgan fingerprint density at radius 3 is 2.44 bits per heavy atom. The number of piperazine rings is 1. The molecule has 2 aromatic rings. The molecule has 32 heavy (non-hydrogen) atoms. The van der Waals surface area contributed by atoms with Crippen molar-refractivity contribution in [2.75, 3.05) is 38.5 Å². The van der Waals surface area contributed by atoms with Gasteiger partial charge in [-0.3, -0.25) is 9.47 Å². The van der Waals surface area contributed by atoms with Crippen LogP contribution in [0.4, 0.5) is 5.82 Å². The van der Waals surface area contributed by atoms with Crippen LogP contribution in [0.15, 0.2) is 4.79 Å². The zero-order chi connectivity index (χ0) is 23.3. The predicted molar refractivity (Wildman–Crippen MR) is 129 cm³/mol. The lowest BCUT2D eigenvalue weighted by molar-refractivity contribution is 0.0616. The zero-order valence-corrected chi connectivity index (χ0v) is 20.5. The number of nitrogens with one attached hydrogen (secondary N) is 1. The fourth-order valence-electron chi connectivity index (χ4n) is 4.36. The van der Waals surface area contributed by atoms with E-state index in [1.165, 1.54) is 0 Å². The van der Waals surface area contributed by atoms with Crippen molar-refractivity contribution >= 4 is 17.0 Å². The summed E-state index contributed by atoms with van der Waals surface area (Å²) >= 11 is 0. The molecule has 0 radical (unpaired) electrons. The molecule has 1 atom stereocenters. The van der Waals surface area contributed by atoms with Gasteiger partial charge in [-0.25, -0.2) is 4.79 Å². The highest BCUT2D eigenvalue weighted by molar-refractivity contribution is 5.81. The average Bonchev–Trinajstić information content (AvgIpc) is 3.03. The smallest absolute Gasteiger partial charge is 0.327 e. The van der Waals surface area contributed by atoms with E-state index in [4.69, 9.17) is 10.5 Å². The van der Waals surface area contributed by atoms with E-state index in [1.807, 2.05) is 6.92 Å². The quantitative estimate of drug-likeness (QED) is 0.540. The van der Waals surface area contributed by atoms with Gasteiger partial charge in [0.2, 0.25) is 0 Å². The first-order valence-electron chi connectivity index (χ1n) is 12.1. The maximum absolute atomic E-state index is 12.5. The van der Waals surface area contributed by atoms with E-state index >= 15 is 0 Å². The van der Waals surface area contributed by atoms with E-state index in [9.17, 15) is 4.79 Å². The number of fused-ring (bicyclic) bond motifs is 1. The van der Waals surface area contributed by atoms with Gasteiger partial charge in [-0.15, -0.1) is 0 Å². The molecule has 1 aliphatic heterocycles. The molecule has 3 heterocycles. The van der Waals surface area contributed by atoms with Crippen molar-refractivity contribution in [2.24, 2.45) is 0 Å². The summed E-state index contributed by atoms with van der Waals surface area (Å²) in [4.78, 5) is 29.1. The number of ether oxygens (including phenoxy) is 1. The SMILES string of the molecule is CCCC(C)Oc1nc(N)c2[nH]c(=O)n(CCCCCN3CCN(C(C)(C)C)CC3)c2n1. The van der Waals surface area contributed by atoms with Gasteiger partial charge in [0.05, 0.1) is 6.10 Å². The lowest BCUT2D eigenvalue weighted by Crippen LogP contribution is -2.53. The molecule has 9 heteroatoms. The van der Waals surface area contributed by atoms with E-state index in [0.29, 0.717) is 17.7 Å². The first kappa shape index (κ1) is 24.5. The Hall–Kier alpha value is -2.13. The van der Waals surface area contributed by atoms with E-state index in [-0.39, 0.29) is 29.2 Å². The number of unbranched alkanes of at least 4 members (excludes halogenated alkanes) is 2. The van der Waals surface area contributed by atoms with Gasteiger partial charge in [-0.1, -0.05) is 19.8 Å². The molecule has 0 bridgehead atoms. The van der Waals surface area contributed by atoms with E-state index in [2.05, 4.69) is 52.4 Å². The first-order valence-corrected chi connectivity index (χ1v) is 12.1. The van der Waals surface area contributed by atoms with Gasteiger partial charge in [0.25, 0.3) is 0 Å². The maximum atomic E-state index is 12.5. The minimum atomic E-state index is -0.196. The number of rotatable bonds is 10. The highest BCUT2D eigenvalue weighted by Gasteiger charge is 2.25. The average molecular weight is 448 g/mol. The largest absolute Gasteiger partial charge is 0.460 e. The summed E-state index contributed by atoms with van der Waals surface area (Å²) in [6.07, 6.45) is 5.04. The van der Waals surface area contributed by atoms with E-state index < -0.39 is 0 Å². The van der Waals surface area contributed by atoms with Crippen molar-refractivity contribution in [1.29, 1.82) is 0 Å². The third-order valence-corrected chi connectivity index (χ3v) is 6.31. The number of nitrogens with zero attached hydrogens (tertiary/aromatic N) is 5. The van der Waals surface area contributed by atoms with Crippen molar-refractivity contribution < 1.29 is 4.74 Å². The summed E-state index contributed by atoms with van der Waals surface area (Å²) < 4.78 is 7.47. The summed E-state index contributed by atoms with van der Waals surface area (Å²) in [5.41, 5.74) is 7.13. The molecule has 2 aromatic heterocycles. The third-order valence-electron chi connectivity index (χ3n) is 6.31. The fraction of sp³-hybridized carbons (Fsp3) is 0.783. The van der Waals surface area contributed by atoms with Crippen molar-refractivity contribution in [3.63, 3.8) is 0 Å². The summed E-state index contributed by atoms with van der Waals surface area (Å²) in [7, 11) is 0. The molecule has 3 N–H and O–H groups in total. The molecule has 9 nitrogen and oxygen atoms in total. The number of imidazole rings is 1. The molecule has 0 aliphatic carbocycles. The second-order valence-corrected chi connectivity index (χ2v) is 9.95. The van der Waals surface area contributed by atoms with Gasteiger partial charge in [0.1, 0.15) is 5.52 Å². The van der Waals surface area contributed by atoms with Crippen LogP contribution in [0.25, 0.3) is 11.2 Å². The Bertz CT molecular complexity index is 923. The molecule has 1 fully saturated rings. The van der Waals surface area contributed by atoms with Crippen molar-refractivity contribution in [3.8, 4) is 6.01 Å². The number of aryl methyl sites for hydroxylation is 1. The molecular weight excluding hydrogens is 406 g/mol. The van der Waals surface area contributed by atoms with E-state index in [0.717, 1.165) is 64.8 Å². The zero-order valence-electron chi connectivity index (χ0n) is 20.5. The van der Waals surface area contributed by atoms with E-state index in [1.54, 1.807) is 4.57 Å². The van der Waals surface area contributed by atoms with Crippen LogP contribution in [0.3, 0.4) is 0 Å². The van der Waals surface area contributed by atoms with Gasteiger partial charge in [-0.2, -0.15) is 9.97 Å². The maximum Gasteiger partial charge on any atom is 0.327 e. The van der Waals surface area contributed by atoms with Gasteiger partial charge < -0.3 is 20.4 Å². The summed E-state index contributed by atoms with van der Waals surface area (Å²) in [6, 6.07) is 0.234. The molecule has 1 aliphatic rings. The van der Waals surface area contributed by atoms with Gasteiger partial charge in [0.15, 0.2) is 11.5 Å². The number of hydrogen-bond acceptors (Lipinski definition) is 7. The summed E-state index contributed by atoms with van der Waals surface area (Å²) in [5, 5.41) is 0. The molecule has 0 saturated carbocycles. The monoisotopic (exact) mass is 447 g/mol. The molecule has 180 valence electrons. The highest BCUT2D eigenvalue weighted by atomic mass is 16.5. The standard InChI is InChI=1S/C23H41N7O2/c1-6-10-17(2)32-21-26-19(24)18-20(27-21)30(22(31)25-18)12-9-7-8-11-28-13-15-29(16-14-28)23(3,4)5/h17H,6-16H2,1-5H3,(H,25,31)(H2,24,26,27). The number of aromatic nitrogens is 4. The number of anilines is 1. The predicted octanol–water partition coefficient (Wildman–Crippen LogP) is 2.86. The normalized spacial score (nSPS) is 17.2. The molecule has 0 spiro atoms. The molecule has 0 amide bonds. The Labute approximate surface area is 191 Å². The van der Waals surface area contributed by atoms with Crippen molar-refractivity contribution in [1.82, 2.24) is 29.3 Å². The topological polar surface area (TPSA) is 105 Å². The second-order valence-electron chi connectivity index (χ2n) is 9.95. The van der Waals surface area contributed by atoms with Gasteiger partial charge >= 0.3 is 11.7 Å². The van der Waals surface area contributed by atoms with Crippen LogP contribution in [0, 0.1) is 0 Å². The highest BCUT2D eigenvalue weighted by Crippen LogP contribution is 2.20. The lowest BCUT2D eigenvalue weighted by atomic mass is 10.0. The second kappa shape index (κ2) is 10.7. The number of hydrogen-bond donors (Lipinski definition) is 2. The Kier molecular flexibility index (Phi) is 8.16. The molecule has 1 saturated heterocycles.